The molecule has 4 rings (SSSR count). The van der Waals surface area contributed by atoms with Gasteiger partial charge in [0.05, 0.1) is 12.7 Å². The number of nitrogens with zero attached hydrogens (tertiary/aromatic N) is 5. The molecule has 0 aliphatic heterocycles. The Kier molecular flexibility index (Phi) is 4.01. The monoisotopic (exact) mass is 337 g/mol. The number of hydrogen-bond donors (Lipinski definition) is 2. The van der Waals surface area contributed by atoms with Crippen molar-refractivity contribution in [3.05, 3.63) is 29.6 Å². The van der Waals surface area contributed by atoms with Crippen LogP contribution < -0.4 is 10.5 Å². The molecule has 1 aliphatic carbocycles. The highest BCUT2D eigenvalue weighted by atomic mass is 16.5. The summed E-state index contributed by atoms with van der Waals surface area (Å²) in [5.41, 5.74) is 11.3. The van der Waals surface area contributed by atoms with Crippen molar-refractivity contribution in [2.24, 2.45) is 0 Å². The van der Waals surface area contributed by atoms with E-state index in [1.807, 2.05) is 12.1 Å². The van der Waals surface area contributed by atoms with Crippen molar-refractivity contribution >= 4 is 5.82 Å². The number of rotatable bonds is 3. The van der Waals surface area contributed by atoms with Gasteiger partial charge in [-0.2, -0.15) is 5.21 Å². The highest BCUT2D eigenvalue weighted by Gasteiger charge is 2.24. The van der Waals surface area contributed by atoms with Crippen LogP contribution in [0.5, 0.6) is 5.88 Å². The number of methoxy groups -OCH3 is 1. The van der Waals surface area contributed by atoms with E-state index in [1.54, 1.807) is 13.3 Å². The largest absolute Gasteiger partial charge is 0.481 e. The van der Waals surface area contributed by atoms with Crippen LogP contribution >= 0.6 is 0 Å². The molecule has 0 fully saturated rings. The van der Waals surface area contributed by atoms with Gasteiger partial charge in [0.25, 0.3) is 0 Å². The summed E-state index contributed by atoms with van der Waals surface area (Å²) in [6, 6.07) is 3.86. The lowest BCUT2D eigenvalue weighted by molar-refractivity contribution is 0.398. The third-order valence-corrected chi connectivity index (χ3v) is 4.55. The van der Waals surface area contributed by atoms with Gasteiger partial charge in [-0.25, -0.2) is 9.97 Å². The molecule has 0 atom stereocenters. The molecule has 8 nitrogen and oxygen atoms in total. The molecule has 3 aromatic heterocycles. The lowest BCUT2D eigenvalue weighted by atomic mass is 9.91. The molecule has 0 unspecified atom stereocenters. The predicted octanol–water partition coefficient (Wildman–Crippen LogP) is 2.18. The fraction of sp³-hybridized carbons (Fsp3) is 0.353. The highest BCUT2D eigenvalue weighted by molar-refractivity contribution is 5.89. The van der Waals surface area contributed by atoms with Gasteiger partial charge in [0.15, 0.2) is 0 Å². The number of ether oxygens (including phenoxy) is 1. The Morgan fingerprint density at radius 2 is 2.04 bits per heavy atom. The molecule has 0 aromatic carbocycles. The first-order valence-corrected chi connectivity index (χ1v) is 8.33. The summed E-state index contributed by atoms with van der Waals surface area (Å²) < 4.78 is 5.30. The number of hydrogen-bond acceptors (Lipinski definition) is 7. The Morgan fingerprint density at radius 1 is 1.16 bits per heavy atom. The number of nitrogens with one attached hydrogen (secondary N) is 1. The van der Waals surface area contributed by atoms with Gasteiger partial charge in [0.1, 0.15) is 5.82 Å². The molecule has 0 radical (unpaired) electrons. The van der Waals surface area contributed by atoms with E-state index in [0.29, 0.717) is 23.1 Å². The Labute approximate surface area is 144 Å². The number of anilines is 1. The third kappa shape index (κ3) is 2.79. The molecular weight excluding hydrogens is 318 g/mol. The number of nitrogens with two attached hydrogens (primary N) is 1. The first-order valence-electron chi connectivity index (χ1n) is 8.33. The van der Waals surface area contributed by atoms with Crippen LogP contribution in [0, 0.1) is 0 Å². The summed E-state index contributed by atoms with van der Waals surface area (Å²) in [6.07, 6.45) is 7.05. The minimum atomic E-state index is 0.424. The van der Waals surface area contributed by atoms with Crippen molar-refractivity contribution in [2.75, 3.05) is 12.8 Å². The van der Waals surface area contributed by atoms with Crippen LogP contribution in [0.3, 0.4) is 0 Å². The van der Waals surface area contributed by atoms with Gasteiger partial charge in [0, 0.05) is 23.5 Å². The Hall–Kier alpha value is -3.03. The average Bonchev–Trinajstić information content (AvgIpc) is 3.06. The van der Waals surface area contributed by atoms with Crippen LogP contribution in [0.25, 0.3) is 22.5 Å². The average molecular weight is 337 g/mol. The predicted molar refractivity (Wildman–Crippen MR) is 92.9 cm³/mol. The van der Waals surface area contributed by atoms with Gasteiger partial charge < -0.3 is 10.5 Å². The molecule has 3 aromatic rings. The topological polar surface area (TPSA) is 115 Å². The number of H-pyrrole nitrogens is 1. The number of aromatic nitrogens is 6. The van der Waals surface area contributed by atoms with Crippen LogP contribution in [-0.4, -0.2) is 37.7 Å². The molecule has 0 saturated carbocycles. The van der Waals surface area contributed by atoms with Crippen molar-refractivity contribution in [1.82, 2.24) is 30.6 Å². The maximum absolute atomic E-state index is 6.32. The number of aromatic amines is 1. The van der Waals surface area contributed by atoms with Crippen molar-refractivity contribution < 1.29 is 4.74 Å². The Bertz CT molecular complexity index is 892. The number of fused-ring (bicyclic) bond motifs is 1. The molecule has 25 heavy (non-hydrogen) atoms. The van der Waals surface area contributed by atoms with E-state index < -0.39 is 0 Å². The normalized spacial score (nSPS) is 14.0. The lowest BCUT2D eigenvalue weighted by Crippen LogP contribution is -2.07. The molecule has 1 aliphatic rings. The minimum Gasteiger partial charge on any atom is -0.481 e. The van der Waals surface area contributed by atoms with E-state index >= 15 is 0 Å². The van der Waals surface area contributed by atoms with E-state index in [2.05, 4.69) is 30.6 Å². The van der Waals surface area contributed by atoms with E-state index in [1.165, 1.54) is 12.0 Å². The SMILES string of the molecule is COc1cc(-c2c3c(nc(N)c2-c2nn[nH]n2)CCCCC3)ccn1. The zero-order chi connectivity index (χ0) is 17.2. The van der Waals surface area contributed by atoms with Crippen molar-refractivity contribution in [3.63, 3.8) is 0 Å². The minimum absolute atomic E-state index is 0.424. The second-order valence-corrected chi connectivity index (χ2v) is 6.06. The summed E-state index contributed by atoms with van der Waals surface area (Å²) in [7, 11) is 1.60. The van der Waals surface area contributed by atoms with Crippen LogP contribution in [0.2, 0.25) is 0 Å². The summed E-state index contributed by atoms with van der Waals surface area (Å²) >= 11 is 0. The van der Waals surface area contributed by atoms with E-state index in [0.717, 1.165) is 42.5 Å². The smallest absolute Gasteiger partial charge is 0.213 e. The van der Waals surface area contributed by atoms with Gasteiger partial charge >= 0.3 is 0 Å². The van der Waals surface area contributed by atoms with E-state index in [4.69, 9.17) is 10.5 Å². The van der Waals surface area contributed by atoms with Gasteiger partial charge in [0.2, 0.25) is 11.7 Å². The number of tetrazole rings is 1. The van der Waals surface area contributed by atoms with Crippen molar-refractivity contribution in [1.29, 1.82) is 0 Å². The zero-order valence-corrected chi connectivity index (χ0v) is 14.0. The third-order valence-electron chi connectivity index (χ3n) is 4.55. The molecule has 3 heterocycles. The summed E-state index contributed by atoms with van der Waals surface area (Å²) in [6.45, 7) is 0. The number of aryl methyl sites for hydroxylation is 1. The molecule has 0 amide bonds. The Morgan fingerprint density at radius 3 is 2.84 bits per heavy atom. The standard InChI is InChI=1S/C17H19N7O/c1-25-13-9-10(7-8-19-13)14-11-5-3-2-4-6-12(11)20-16(18)15(14)17-21-23-24-22-17/h7-9H,2-6H2,1H3,(H2,18,20)(H,21,22,23,24). The van der Waals surface area contributed by atoms with Crippen LogP contribution in [-0.2, 0) is 12.8 Å². The molecular formula is C17H19N7O. The quantitative estimate of drug-likeness (QED) is 0.704. The van der Waals surface area contributed by atoms with E-state index in [9.17, 15) is 0 Å². The second-order valence-electron chi connectivity index (χ2n) is 6.06. The first kappa shape index (κ1) is 15.5. The summed E-state index contributed by atoms with van der Waals surface area (Å²) in [5, 5.41) is 14.4. The molecule has 8 heteroatoms. The number of nitrogen functional groups attached to an aromatic ring is 1. The molecule has 0 spiro atoms. The van der Waals surface area contributed by atoms with Crippen LogP contribution in [0.15, 0.2) is 18.3 Å². The van der Waals surface area contributed by atoms with E-state index in [-0.39, 0.29) is 0 Å². The number of pyridine rings is 2. The fourth-order valence-corrected chi connectivity index (χ4v) is 3.43. The van der Waals surface area contributed by atoms with Crippen molar-refractivity contribution in [2.45, 2.75) is 32.1 Å². The van der Waals surface area contributed by atoms with Gasteiger partial charge in [-0.05, 0) is 48.1 Å². The highest BCUT2D eigenvalue weighted by Crippen LogP contribution is 2.40. The summed E-state index contributed by atoms with van der Waals surface area (Å²) in [4.78, 5) is 8.88. The second kappa shape index (κ2) is 6.46. The maximum Gasteiger partial charge on any atom is 0.213 e. The molecule has 3 N–H and O–H groups in total. The first-order chi connectivity index (χ1) is 12.3. The van der Waals surface area contributed by atoms with Crippen LogP contribution in [0.4, 0.5) is 5.82 Å². The van der Waals surface area contributed by atoms with Gasteiger partial charge in [-0.1, -0.05) is 6.42 Å². The summed E-state index contributed by atoms with van der Waals surface area (Å²) in [5.74, 6) is 1.42. The lowest BCUT2D eigenvalue weighted by Gasteiger charge is -2.17. The van der Waals surface area contributed by atoms with Gasteiger partial charge in [-0.3, -0.25) is 0 Å². The molecule has 128 valence electrons. The van der Waals surface area contributed by atoms with Crippen LogP contribution in [0.1, 0.15) is 30.5 Å². The van der Waals surface area contributed by atoms with Crippen molar-refractivity contribution in [3.8, 4) is 28.4 Å². The zero-order valence-electron chi connectivity index (χ0n) is 14.0. The molecule has 0 bridgehead atoms. The molecule has 0 saturated heterocycles. The Balaban J connectivity index is 2.03. The fourth-order valence-electron chi connectivity index (χ4n) is 3.43. The maximum atomic E-state index is 6.32. The van der Waals surface area contributed by atoms with Gasteiger partial charge in [-0.15, -0.1) is 10.2 Å².